The van der Waals surface area contributed by atoms with Gasteiger partial charge in [0.15, 0.2) is 0 Å². The van der Waals surface area contributed by atoms with Gasteiger partial charge in [-0.2, -0.15) is 23.4 Å². The molecule has 3 aromatic heterocycles. The Morgan fingerprint density at radius 2 is 1.90 bits per heavy atom. The van der Waals surface area contributed by atoms with E-state index in [0.29, 0.717) is 11.8 Å². The minimum absolute atomic E-state index is 0.278. The fourth-order valence-electron chi connectivity index (χ4n) is 1.89. The molecule has 0 bridgehead atoms. The Hall–Kier alpha value is -2.58. The van der Waals surface area contributed by atoms with Crippen LogP contribution < -0.4 is 0 Å². The van der Waals surface area contributed by atoms with Gasteiger partial charge in [0.05, 0.1) is 24.3 Å². The molecule has 0 fully saturated rings. The first-order chi connectivity index (χ1) is 9.36. The zero-order valence-corrected chi connectivity index (χ0v) is 10.1. The summed E-state index contributed by atoms with van der Waals surface area (Å²) < 4.78 is 40.7. The van der Waals surface area contributed by atoms with Gasteiger partial charge in [0.2, 0.25) is 5.88 Å². The van der Waals surface area contributed by atoms with E-state index < -0.39 is 23.1 Å². The second kappa shape index (κ2) is 3.95. The molecule has 0 saturated heterocycles. The lowest BCUT2D eigenvalue weighted by Gasteiger charge is -2.06. The van der Waals surface area contributed by atoms with Gasteiger partial charge in [-0.3, -0.25) is 4.68 Å². The van der Waals surface area contributed by atoms with E-state index in [9.17, 15) is 18.3 Å². The van der Waals surface area contributed by atoms with Gasteiger partial charge in [0.1, 0.15) is 11.1 Å². The molecule has 0 unspecified atom stereocenters. The number of fused-ring (bicyclic) bond motifs is 1. The minimum Gasteiger partial charge on any atom is -0.492 e. The molecule has 0 radical (unpaired) electrons. The highest BCUT2D eigenvalue weighted by Gasteiger charge is 2.36. The van der Waals surface area contributed by atoms with Crippen molar-refractivity contribution in [3.63, 3.8) is 0 Å². The van der Waals surface area contributed by atoms with Crippen LogP contribution in [0.25, 0.3) is 16.8 Å². The number of alkyl halides is 3. The summed E-state index contributed by atoms with van der Waals surface area (Å²) in [6.45, 7) is 0. The Kier molecular flexibility index (Phi) is 2.46. The molecule has 0 aliphatic heterocycles. The molecule has 3 rings (SSSR count). The van der Waals surface area contributed by atoms with E-state index in [1.807, 2.05) is 0 Å². The highest BCUT2D eigenvalue weighted by molar-refractivity contribution is 5.67. The molecule has 1 N–H and O–H groups in total. The molecule has 0 aliphatic carbocycles. The normalized spacial score (nSPS) is 12.2. The van der Waals surface area contributed by atoms with Gasteiger partial charge in [-0.1, -0.05) is 0 Å². The summed E-state index contributed by atoms with van der Waals surface area (Å²) >= 11 is 0. The summed E-state index contributed by atoms with van der Waals surface area (Å²) in [5.74, 6) is -0.726. The second-order valence-corrected chi connectivity index (χ2v) is 4.20. The molecule has 20 heavy (non-hydrogen) atoms. The third kappa shape index (κ3) is 1.87. The predicted octanol–water partition coefficient (Wildman–Crippen LogP) is 1.85. The van der Waals surface area contributed by atoms with Crippen molar-refractivity contribution in [2.24, 2.45) is 7.05 Å². The number of hydrogen-bond acceptors (Lipinski definition) is 4. The van der Waals surface area contributed by atoms with Crippen molar-refractivity contribution in [3.05, 3.63) is 30.4 Å². The molecule has 0 saturated carbocycles. The van der Waals surface area contributed by atoms with Crippen LogP contribution in [-0.2, 0) is 13.2 Å². The molecule has 0 atom stereocenters. The van der Waals surface area contributed by atoms with Crippen LogP contribution in [0.1, 0.15) is 5.56 Å². The maximum absolute atomic E-state index is 12.8. The zero-order valence-electron chi connectivity index (χ0n) is 10.1. The highest BCUT2D eigenvalue weighted by Crippen LogP contribution is 2.35. The SMILES string of the molecule is Cn1cc(-c2cn3ncc(C(F)(F)F)c3c(O)n2)cn1. The molecule has 3 heterocycles. The Morgan fingerprint density at radius 3 is 2.50 bits per heavy atom. The van der Waals surface area contributed by atoms with Gasteiger partial charge in [0.25, 0.3) is 0 Å². The van der Waals surface area contributed by atoms with Crippen molar-refractivity contribution in [2.75, 3.05) is 0 Å². The third-order valence-corrected chi connectivity index (χ3v) is 2.78. The van der Waals surface area contributed by atoms with Crippen molar-refractivity contribution in [1.82, 2.24) is 24.4 Å². The van der Waals surface area contributed by atoms with Crippen molar-refractivity contribution >= 4 is 5.52 Å². The maximum Gasteiger partial charge on any atom is 0.420 e. The molecule has 9 heteroatoms. The summed E-state index contributed by atoms with van der Waals surface area (Å²) in [5, 5.41) is 17.3. The van der Waals surface area contributed by atoms with Crippen molar-refractivity contribution in [2.45, 2.75) is 6.18 Å². The van der Waals surface area contributed by atoms with Crippen LogP contribution >= 0.6 is 0 Å². The van der Waals surface area contributed by atoms with Crippen LogP contribution in [0.2, 0.25) is 0 Å². The standard InChI is InChI=1S/C11H8F3N5O/c1-18-4-6(2-15-18)8-5-19-9(10(20)17-8)7(3-16-19)11(12,13)14/h2-5H,1H3,(H,17,20). The highest BCUT2D eigenvalue weighted by atomic mass is 19.4. The van der Waals surface area contributed by atoms with E-state index in [0.717, 1.165) is 4.52 Å². The predicted molar refractivity (Wildman–Crippen MR) is 61.9 cm³/mol. The molecule has 0 spiro atoms. The fourth-order valence-corrected chi connectivity index (χ4v) is 1.89. The first-order valence-electron chi connectivity index (χ1n) is 5.50. The third-order valence-electron chi connectivity index (χ3n) is 2.78. The first-order valence-corrected chi connectivity index (χ1v) is 5.50. The number of aryl methyl sites for hydroxylation is 1. The van der Waals surface area contributed by atoms with E-state index in [1.54, 1.807) is 13.2 Å². The summed E-state index contributed by atoms with van der Waals surface area (Å²) in [5.41, 5.74) is -0.654. The van der Waals surface area contributed by atoms with Gasteiger partial charge in [-0.25, -0.2) is 9.50 Å². The minimum atomic E-state index is -4.60. The van der Waals surface area contributed by atoms with E-state index in [4.69, 9.17) is 0 Å². The number of hydrogen-bond donors (Lipinski definition) is 1. The summed E-state index contributed by atoms with van der Waals surface area (Å²) in [4.78, 5) is 3.77. The molecule has 104 valence electrons. The molecule has 0 amide bonds. The molecule has 0 aliphatic rings. The lowest BCUT2D eigenvalue weighted by atomic mass is 10.2. The van der Waals surface area contributed by atoms with Crippen molar-refractivity contribution in [1.29, 1.82) is 0 Å². The largest absolute Gasteiger partial charge is 0.492 e. The molecule has 3 aromatic rings. The number of nitrogens with zero attached hydrogens (tertiary/aromatic N) is 5. The van der Waals surface area contributed by atoms with Crippen LogP contribution in [-0.4, -0.2) is 29.5 Å². The second-order valence-electron chi connectivity index (χ2n) is 4.20. The van der Waals surface area contributed by atoms with E-state index in [-0.39, 0.29) is 5.69 Å². The van der Waals surface area contributed by atoms with Gasteiger partial charge in [0, 0.05) is 18.8 Å². The molecule has 0 aromatic carbocycles. The van der Waals surface area contributed by atoms with E-state index in [1.165, 1.54) is 17.1 Å². The quantitative estimate of drug-likeness (QED) is 0.740. The number of aromatic hydroxyl groups is 1. The van der Waals surface area contributed by atoms with Crippen LogP contribution in [0.15, 0.2) is 24.8 Å². The number of rotatable bonds is 1. The van der Waals surface area contributed by atoms with Crippen LogP contribution in [0.4, 0.5) is 13.2 Å². The van der Waals surface area contributed by atoms with Crippen LogP contribution in [0.3, 0.4) is 0 Å². The molecular weight excluding hydrogens is 275 g/mol. The summed E-state index contributed by atoms with van der Waals surface area (Å²) in [7, 11) is 1.69. The average molecular weight is 283 g/mol. The monoisotopic (exact) mass is 283 g/mol. The average Bonchev–Trinajstić information content (AvgIpc) is 2.94. The smallest absolute Gasteiger partial charge is 0.420 e. The Balaban J connectivity index is 2.22. The lowest BCUT2D eigenvalue weighted by molar-refractivity contribution is -0.136. The van der Waals surface area contributed by atoms with Gasteiger partial charge in [-0.15, -0.1) is 0 Å². The van der Waals surface area contributed by atoms with E-state index >= 15 is 0 Å². The van der Waals surface area contributed by atoms with Gasteiger partial charge >= 0.3 is 6.18 Å². The summed E-state index contributed by atoms with van der Waals surface area (Å²) in [6, 6.07) is 0. The van der Waals surface area contributed by atoms with Crippen molar-refractivity contribution < 1.29 is 18.3 Å². The molecular formula is C11H8F3N5O. The summed E-state index contributed by atoms with van der Waals surface area (Å²) in [6.07, 6.45) is 0.478. The number of halogens is 3. The maximum atomic E-state index is 12.8. The first kappa shape index (κ1) is 12.5. The van der Waals surface area contributed by atoms with Crippen LogP contribution in [0, 0.1) is 0 Å². The van der Waals surface area contributed by atoms with Gasteiger partial charge < -0.3 is 5.11 Å². The lowest BCUT2D eigenvalue weighted by Crippen LogP contribution is -2.04. The topological polar surface area (TPSA) is 68.2 Å². The Morgan fingerprint density at radius 1 is 1.15 bits per heavy atom. The fraction of sp³-hybridized carbons (Fsp3) is 0.182. The molecule has 6 nitrogen and oxygen atoms in total. The van der Waals surface area contributed by atoms with Gasteiger partial charge in [-0.05, 0) is 0 Å². The van der Waals surface area contributed by atoms with Crippen LogP contribution in [0.5, 0.6) is 5.88 Å². The zero-order chi connectivity index (χ0) is 14.5. The Bertz CT molecular complexity index is 789. The Labute approximate surface area is 110 Å². The van der Waals surface area contributed by atoms with E-state index in [2.05, 4.69) is 15.2 Å². The number of aromatic nitrogens is 5. The van der Waals surface area contributed by atoms with Crippen molar-refractivity contribution in [3.8, 4) is 17.1 Å².